The highest BCUT2D eigenvalue weighted by Crippen LogP contribution is 2.32. The van der Waals surface area contributed by atoms with E-state index in [2.05, 4.69) is 10.2 Å². The number of esters is 1. The van der Waals surface area contributed by atoms with Crippen molar-refractivity contribution in [1.29, 1.82) is 0 Å². The summed E-state index contributed by atoms with van der Waals surface area (Å²) in [5, 5.41) is 18.8. The molecule has 148 valence electrons. The molecule has 10 heteroatoms. The average Bonchev–Trinajstić information content (AvgIpc) is 2.73. The van der Waals surface area contributed by atoms with Gasteiger partial charge in [-0.2, -0.15) is 0 Å². The summed E-state index contributed by atoms with van der Waals surface area (Å²) in [6.45, 7) is 0. The summed E-state index contributed by atoms with van der Waals surface area (Å²) in [4.78, 5) is 22.5. The molecule has 0 N–H and O–H groups in total. The van der Waals surface area contributed by atoms with Gasteiger partial charge in [0.15, 0.2) is 0 Å². The quantitative estimate of drug-likeness (QED) is 0.338. The van der Waals surface area contributed by atoms with E-state index in [0.717, 1.165) is 6.07 Å². The van der Waals surface area contributed by atoms with Crippen LogP contribution in [0.4, 0.5) is 5.69 Å². The Morgan fingerprint density at radius 2 is 1.83 bits per heavy atom. The second-order valence-corrected chi connectivity index (χ2v) is 6.04. The number of hydrogen-bond donors (Lipinski definition) is 0. The van der Waals surface area contributed by atoms with Crippen molar-refractivity contribution in [2.45, 2.75) is 0 Å². The minimum Gasteiger partial charge on any atom is -0.497 e. The zero-order valence-electron chi connectivity index (χ0n) is 15.3. The number of benzene rings is 2. The molecule has 9 nitrogen and oxygen atoms in total. The van der Waals surface area contributed by atoms with E-state index in [-0.39, 0.29) is 16.5 Å². The maximum absolute atomic E-state index is 12.2. The molecular formula is C19H14ClN3O6. The fraction of sp³-hybridized carbons (Fsp3) is 0.105. The Hall–Kier alpha value is -3.72. The third kappa shape index (κ3) is 4.41. The van der Waals surface area contributed by atoms with Gasteiger partial charge in [0.2, 0.25) is 5.88 Å². The number of carbonyl (C=O) groups is 1. The maximum atomic E-state index is 12.2. The van der Waals surface area contributed by atoms with E-state index in [1.54, 1.807) is 31.4 Å². The van der Waals surface area contributed by atoms with Crippen LogP contribution in [0.1, 0.15) is 10.4 Å². The summed E-state index contributed by atoms with van der Waals surface area (Å²) in [5.74, 6) is 0.282. The average molecular weight is 416 g/mol. The minimum atomic E-state index is -0.828. The molecule has 0 saturated carbocycles. The number of methoxy groups -OCH3 is 2. The summed E-state index contributed by atoms with van der Waals surface area (Å²) in [6, 6.07) is 11.9. The van der Waals surface area contributed by atoms with Crippen LogP contribution in [0.15, 0.2) is 48.5 Å². The Morgan fingerprint density at radius 1 is 1.03 bits per heavy atom. The number of nitro benzene ring substituents is 1. The summed E-state index contributed by atoms with van der Waals surface area (Å²) >= 11 is 5.74. The molecule has 0 bridgehead atoms. The van der Waals surface area contributed by atoms with Crippen molar-refractivity contribution in [3.63, 3.8) is 0 Å². The molecular weight excluding hydrogens is 402 g/mol. The lowest BCUT2D eigenvalue weighted by Crippen LogP contribution is -2.10. The second kappa shape index (κ2) is 8.53. The molecule has 0 atom stereocenters. The van der Waals surface area contributed by atoms with Gasteiger partial charge in [0.05, 0.1) is 30.4 Å². The Kier molecular flexibility index (Phi) is 5.89. The first-order valence-corrected chi connectivity index (χ1v) is 8.53. The van der Waals surface area contributed by atoms with Crippen molar-refractivity contribution in [3.8, 4) is 28.6 Å². The largest absolute Gasteiger partial charge is 0.497 e. The molecule has 1 aromatic heterocycles. The Bertz CT molecular complexity index is 1070. The van der Waals surface area contributed by atoms with Crippen LogP contribution in [0.2, 0.25) is 5.02 Å². The first-order valence-electron chi connectivity index (χ1n) is 8.15. The molecule has 0 spiro atoms. The smallest absolute Gasteiger partial charge is 0.345 e. The first kappa shape index (κ1) is 20.0. The van der Waals surface area contributed by atoms with Crippen molar-refractivity contribution in [1.82, 2.24) is 10.2 Å². The number of nitrogens with zero attached hydrogens (tertiary/aromatic N) is 3. The van der Waals surface area contributed by atoms with Crippen LogP contribution in [-0.2, 0) is 0 Å². The normalized spacial score (nSPS) is 10.3. The SMILES string of the molecule is COc1ccc(OC)c(-c2ccc(OC(=O)c3ccc(Cl)c([N+](=O)[O-])c3)nn2)c1. The maximum Gasteiger partial charge on any atom is 0.345 e. The number of nitro groups is 1. The van der Waals surface area contributed by atoms with Gasteiger partial charge in [0, 0.05) is 17.7 Å². The molecule has 2 aromatic carbocycles. The second-order valence-electron chi connectivity index (χ2n) is 5.64. The van der Waals surface area contributed by atoms with Gasteiger partial charge in [-0.3, -0.25) is 10.1 Å². The Labute approximate surface area is 170 Å². The molecule has 0 fully saturated rings. The number of hydrogen-bond acceptors (Lipinski definition) is 8. The van der Waals surface area contributed by atoms with Gasteiger partial charge in [-0.1, -0.05) is 11.6 Å². The zero-order valence-corrected chi connectivity index (χ0v) is 16.0. The molecule has 0 unspecified atom stereocenters. The summed E-state index contributed by atoms with van der Waals surface area (Å²) in [7, 11) is 3.07. The molecule has 0 aliphatic heterocycles. The van der Waals surface area contributed by atoms with Crippen molar-refractivity contribution in [3.05, 3.63) is 69.2 Å². The standard InChI is InChI=1S/C19H14ClN3O6/c1-27-12-4-7-17(28-2)13(10-12)15-6-8-18(22-21-15)29-19(24)11-3-5-14(20)16(9-11)23(25)26/h3-10H,1-2H3. The van der Waals surface area contributed by atoms with Crippen molar-refractivity contribution < 1.29 is 23.9 Å². The van der Waals surface area contributed by atoms with E-state index in [4.69, 9.17) is 25.8 Å². The number of halogens is 1. The lowest BCUT2D eigenvalue weighted by molar-refractivity contribution is -0.384. The third-order valence-electron chi connectivity index (χ3n) is 3.90. The molecule has 0 saturated heterocycles. The van der Waals surface area contributed by atoms with Crippen LogP contribution < -0.4 is 14.2 Å². The van der Waals surface area contributed by atoms with E-state index < -0.39 is 16.6 Å². The minimum absolute atomic E-state index is 0.0403. The number of carbonyl (C=O) groups excluding carboxylic acids is 1. The van der Waals surface area contributed by atoms with Crippen LogP contribution in [0, 0.1) is 10.1 Å². The van der Waals surface area contributed by atoms with Crippen molar-refractivity contribution in [2.75, 3.05) is 14.2 Å². The zero-order chi connectivity index (χ0) is 21.0. The molecule has 0 radical (unpaired) electrons. The highest BCUT2D eigenvalue weighted by Gasteiger charge is 2.18. The van der Waals surface area contributed by atoms with Gasteiger partial charge in [-0.25, -0.2) is 4.79 Å². The molecule has 0 aliphatic carbocycles. The lowest BCUT2D eigenvalue weighted by atomic mass is 10.1. The molecule has 0 aliphatic rings. The Balaban J connectivity index is 1.82. The van der Waals surface area contributed by atoms with E-state index in [1.807, 2.05) is 0 Å². The van der Waals surface area contributed by atoms with Gasteiger partial charge < -0.3 is 14.2 Å². The van der Waals surface area contributed by atoms with Gasteiger partial charge in [-0.05, 0) is 36.4 Å². The van der Waals surface area contributed by atoms with E-state index >= 15 is 0 Å². The molecule has 3 aromatic rings. The van der Waals surface area contributed by atoms with Crippen molar-refractivity contribution in [2.24, 2.45) is 0 Å². The Morgan fingerprint density at radius 3 is 2.45 bits per heavy atom. The van der Waals surface area contributed by atoms with Crippen LogP contribution in [0.3, 0.4) is 0 Å². The molecule has 29 heavy (non-hydrogen) atoms. The fourth-order valence-corrected chi connectivity index (χ4v) is 2.65. The summed E-state index contributed by atoms with van der Waals surface area (Å²) in [5.41, 5.74) is 0.683. The number of rotatable bonds is 6. The predicted octanol–water partition coefficient (Wildman–Crippen LogP) is 3.94. The topological polar surface area (TPSA) is 114 Å². The van der Waals surface area contributed by atoms with E-state index in [1.165, 1.54) is 25.3 Å². The molecule has 0 amide bonds. The van der Waals surface area contributed by atoms with Gasteiger partial charge in [0.1, 0.15) is 16.5 Å². The summed E-state index contributed by atoms with van der Waals surface area (Å²) < 4.78 is 15.7. The van der Waals surface area contributed by atoms with Gasteiger partial charge >= 0.3 is 5.97 Å². The van der Waals surface area contributed by atoms with Gasteiger partial charge in [0.25, 0.3) is 5.69 Å². The summed E-state index contributed by atoms with van der Waals surface area (Å²) in [6.07, 6.45) is 0. The predicted molar refractivity (Wildman–Crippen MR) is 104 cm³/mol. The highest BCUT2D eigenvalue weighted by molar-refractivity contribution is 6.32. The van der Waals surface area contributed by atoms with E-state index in [0.29, 0.717) is 22.8 Å². The molecule has 3 rings (SSSR count). The van der Waals surface area contributed by atoms with Crippen molar-refractivity contribution >= 4 is 23.3 Å². The van der Waals surface area contributed by atoms with Crippen LogP contribution >= 0.6 is 11.6 Å². The monoisotopic (exact) mass is 415 g/mol. The highest BCUT2D eigenvalue weighted by atomic mass is 35.5. The first-order chi connectivity index (χ1) is 13.9. The molecule has 1 heterocycles. The third-order valence-corrected chi connectivity index (χ3v) is 4.22. The number of aromatic nitrogens is 2. The van der Waals surface area contributed by atoms with Crippen LogP contribution in [-0.4, -0.2) is 35.3 Å². The number of ether oxygens (including phenoxy) is 3. The van der Waals surface area contributed by atoms with Crippen LogP contribution in [0.5, 0.6) is 17.4 Å². The van der Waals surface area contributed by atoms with E-state index in [9.17, 15) is 14.9 Å². The fourth-order valence-electron chi connectivity index (χ4n) is 2.47. The lowest BCUT2D eigenvalue weighted by Gasteiger charge is -2.10. The van der Waals surface area contributed by atoms with Gasteiger partial charge in [-0.15, -0.1) is 10.2 Å². The van der Waals surface area contributed by atoms with Crippen LogP contribution in [0.25, 0.3) is 11.3 Å².